The Morgan fingerprint density at radius 2 is 1.81 bits per heavy atom. The first-order valence-electron chi connectivity index (χ1n) is 12.2. The summed E-state index contributed by atoms with van der Waals surface area (Å²) in [4.78, 5) is 24.7. The molecule has 36 heavy (non-hydrogen) atoms. The van der Waals surface area contributed by atoms with Crippen molar-refractivity contribution < 1.29 is 13.2 Å². The van der Waals surface area contributed by atoms with E-state index in [4.69, 9.17) is 0 Å². The Morgan fingerprint density at radius 3 is 2.56 bits per heavy atom. The number of amides is 1. The standard InChI is InChI=1S/C27H29N5O3S/c33-27(29-16-14-19-5-4-15-28-18-19)21-8-10-22(11-9-21)32-36(34,35)23-12-13-24-25(17-23)31-26(30-24)20-6-2-1-3-7-20/h1-7,12-13,15,17-18,21-22,32H,8-11,14,16H2,(H,29,33)(H,30,31)/t21-,22-. The zero-order valence-electron chi connectivity index (χ0n) is 19.9. The van der Waals surface area contributed by atoms with Crippen molar-refractivity contribution >= 4 is 27.0 Å². The number of pyridine rings is 1. The van der Waals surface area contributed by atoms with E-state index in [1.54, 1.807) is 30.6 Å². The second-order valence-corrected chi connectivity index (χ2v) is 10.9. The molecule has 1 aliphatic rings. The van der Waals surface area contributed by atoms with Gasteiger partial charge in [0.1, 0.15) is 5.82 Å². The maximum absolute atomic E-state index is 13.1. The number of benzene rings is 2. The van der Waals surface area contributed by atoms with Gasteiger partial charge in [0.15, 0.2) is 0 Å². The van der Waals surface area contributed by atoms with E-state index in [1.165, 1.54) is 0 Å². The van der Waals surface area contributed by atoms with E-state index in [-0.39, 0.29) is 22.8 Å². The average molecular weight is 504 g/mol. The Labute approximate surface area is 210 Å². The van der Waals surface area contributed by atoms with Crippen molar-refractivity contribution in [1.29, 1.82) is 0 Å². The summed E-state index contributed by atoms with van der Waals surface area (Å²) in [5.74, 6) is 0.653. The fourth-order valence-electron chi connectivity index (χ4n) is 4.67. The first-order valence-corrected chi connectivity index (χ1v) is 13.7. The van der Waals surface area contributed by atoms with Crippen LogP contribution in [0.5, 0.6) is 0 Å². The second kappa shape index (κ2) is 10.6. The monoisotopic (exact) mass is 503 g/mol. The SMILES string of the molecule is O=C(NCCc1cccnc1)[C@H]1CC[C@H](NS(=O)(=O)c2ccc3[nH]c(-c4ccccc4)nc3c2)CC1. The first kappa shape index (κ1) is 24.1. The molecule has 2 aromatic carbocycles. The van der Waals surface area contributed by atoms with Crippen LogP contribution in [0.25, 0.3) is 22.4 Å². The van der Waals surface area contributed by atoms with Crippen molar-refractivity contribution in [2.45, 2.75) is 43.0 Å². The van der Waals surface area contributed by atoms with Crippen LogP contribution >= 0.6 is 0 Å². The van der Waals surface area contributed by atoms with Crippen LogP contribution in [0.3, 0.4) is 0 Å². The summed E-state index contributed by atoms with van der Waals surface area (Å²) >= 11 is 0. The highest BCUT2D eigenvalue weighted by molar-refractivity contribution is 7.89. The molecule has 3 N–H and O–H groups in total. The molecule has 0 aliphatic heterocycles. The Balaban J connectivity index is 1.15. The Hall–Kier alpha value is -3.56. The molecule has 1 aliphatic carbocycles. The molecule has 0 unspecified atom stereocenters. The van der Waals surface area contributed by atoms with Crippen molar-refractivity contribution in [1.82, 2.24) is 25.0 Å². The second-order valence-electron chi connectivity index (χ2n) is 9.20. The van der Waals surface area contributed by atoms with Crippen molar-refractivity contribution in [3.8, 4) is 11.4 Å². The molecule has 2 aromatic heterocycles. The maximum atomic E-state index is 13.1. The summed E-state index contributed by atoms with van der Waals surface area (Å²) in [6.07, 6.45) is 6.84. The van der Waals surface area contributed by atoms with Crippen LogP contribution in [0.2, 0.25) is 0 Å². The summed E-state index contributed by atoms with van der Waals surface area (Å²) in [6, 6.07) is 18.3. The van der Waals surface area contributed by atoms with Crippen LogP contribution in [0, 0.1) is 5.92 Å². The minimum absolute atomic E-state index is 0.0402. The van der Waals surface area contributed by atoms with Gasteiger partial charge in [-0.2, -0.15) is 0 Å². The molecule has 0 saturated heterocycles. The van der Waals surface area contributed by atoms with Gasteiger partial charge in [0.25, 0.3) is 0 Å². The fourth-order valence-corrected chi connectivity index (χ4v) is 5.99. The van der Waals surface area contributed by atoms with Crippen LogP contribution in [0.15, 0.2) is 78.0 Å². The lowest BCUT2D eigenvalue weighted by Gasteiger charge is -2.28. The van der Waals surface area contributed by atoms with Gasteiger partial charge in [0.05, 0.1) is 15.9 Å². The lowest BCUT2D eigenvalue weighted by atomic mass is 9.86. The van der Waals surface area contributed by atoms with Gasteiger partial charge in [-0.25, -0.2) is 18.1 Å². The van der Waals surface area contributed by atoms with Gasteiger partial charge in [-0.3, -0.25) is 9.78 Å². The van der Waals surface area contributed by atoms with Crippen LogP contribution in [0.1, 0.15) is 31.2 Å². The summed E-state index contributed by atoms with van der Waals surface area (Å²) in [7, 11) is -3.70. The molecular formula is C27H29N5O3S. The van der Waals surface area contributed by atoms with Gasteiger partial charge in [-0.15, -0.1) is 0 Å². The Morgan fingerprint density at radius 1 is 1.00 bits per heavy atom. The smallest absolute Gasteiger partial charge is 0.240 e. The number of hydrogen-bond donors (Lipinski definition) is 3. The molecule has 5 rings (SSSR count). The third-order valence-corrected chi connectivity index (χ3v) is 8.19. The van der Waals surface area contributed by atoms with E-state index in [0.717, 1.165) is 23.1 Å². The molecule has 0 bridgehead atoms. The van der Waals surface area contributed by atoms with E-state index in [2.05, 4.69) is 25.0 Å². The molecule has 1 saturated carbocycles. The number of sulfonamides is 1. The Bertz CT molecular complexity index is 1430. The lowest BCUT2D eigenvalue weighted by molar-refractivity contribution is -0.125. The third-order valence-electron chi connectivity index (χ3n) is 6.67. The van der Waals surface area contributed by atoms with Crippen LogP contribution in [-0.4, -0.2) is 41.9 Å². The number of carbonyl (C=O) groups is 1. The number of aromatic amines is 1. The first-order chi connectivity index (χ1) is 17.5. The van der Waals surface area contributed by atoms with Gasteiger partial charge in [0.2, 0.25) is 15.9 Å². The number of rotatable bonds is 8. The molecule has 1 amide bonds. The van der Waals surface area contributed by atoms with Crippen LogP contribution < -0.4 is 10.0 Å². The summed E-state index contributed by atoms with van der Waals surface area (Å²) < 4.78 is 29.0. The molecule has 1 fully saturated rings. The van der Waals surface area contributed by atoms with Crippen molar-refractivity contribution in [3.05, 3.63) is 78.6 Å². The predicted molar refractivity (Wildman–Crippen MR) is 139 cm³/mol. The number of carbonyl (C=O) groups excluding carboxylic acids is 1. The van der Waals surface area contributed by atoms with E-state index < -0.39 is 10.0 Å². The summed E-state index contributed by atoms with van der Waals surface area (Å²) in [6.45, 7) is 0.568. The number of fused-ring (bicyclic) bond motifs is 1. The molecule has 4 aromatic rings. The maximum Gasteiger partial charge on any atom is 0.240 e. The largest absolute Gasteiger partial charge is 0.356 e. The van der Waals surface area contributed by atoms with Crippen molar-refractivity contribution in [3.63, 3.8) is 0 Å². The summed E-state index contributed by atoms with van der Waals surface area (Å²) in [5.41, 5.74) is 3.40. The highest BCUT2D eigenvalue weighted by Crippen LogP contribution is 2.27. The minimum Gasteiger partial charge on any atom is -0.356 e. The lowest BCUT2D eigenvalue weighted by Crippen LogP contribution is -2.41. The van der Waals surface area contributed by atoms with Gasteiger partial charge in [0, 0.05) is 36.5 Å². The number of imidazole rings is 1. The molecule has 0 radical (unpaired) electrons. The predicted octanol–water partition coefficient (Wildman–Crippen LogP) is 3.82. The third kappa shape index (κ3) is 5.63. The molecule has 2 heterocycles. The molecular weight excluding hydrogens is 474 g/mol. The van der Waals surface area contributed by atoms with Crippen LogP contribution in [0.4, 0.5) is 0 Å². The average Bonchev–Trinajstić information content (AvgIpc) is 3.34. The minimum atomic E-state index is -3.70. The number of H-pyrrole nitrogens is 1. The molecule has 0 atom stereocenters. The zero-order chi connectivity index (χ0) is 25.0. The fraction of sp³-hybridized carbons (Fsp3) is 0.296. The number of nitrogens with zero attached hydrogens (tertiary/aromatic N) is 2. The van der Waals surface area contributed by atoms with E-state index in [1.807, 2.05) is 42.5 Å². The number of nitrogens with one attached hydrogen (secondary N) is 3. The Kier molecular flexibility index (Phi) is 7.11. The highest BCUT2D eigenvalue weighted by Gasteiger charge is 2.29. The van der Waals surface area contributed by atoms with Crippen molar-refractivity contribution in [2.75, 3.05) is 6.54 Å². The topological polar surface area (TPSA) is 117 Å². The van der Waals surface area contributed by atoms with Gasteiger partial charge < -0.3 is 10.3 Å². The van der Waals surface area contributed by atoms with Crippen LogP contribution in [-0.2, 0) is 21.2 Å². The highest BCUT2D eigenvalue weighted by atomic mass is 32.2. The van der Waals surface area contributed by atoms with E-state index in [9.17, 15) is 13.2 Å². The normalized spacial score (nSPS) is 18.2. The van der Waals surface area contributed by atoms with E-state index in [0.29, 0.717) is 43.6 Å². The number of aromatic nitrogens is 3. The molecule has 8 nitrogen and oxygen atoms in total. The van der Waals surface area contributed by atoms with Crippen molar-refractivity contribution in [2.24, 2.45) is 5.92 Å². The van der Waals surface area contributed by atoms with Gasteiger partial charge in [-0.05, 0) is 61.9 Å². The van der Waals surface area contributed by atoms with Gasteiger partial charge >= 0.3 is 0 Å². The van der Waals surface area contributed by atoms with Gasteiger partial charge in [-0.1, -0.05) is 36.4 Å². The zero-order valence-corrected chi connectivity index (χ0v) is 20.7. The quantitative estimate of drug-likeness (QED) is 0.338. The molecule has 9 heteroatoms. The van der Waals surface area contributed by atoms with E-state index >= 15 is 0 Å². The molecule has 0 spiro atoms. The summed E-state index contributed by atoms with van der Waals surface area (Å²) in [5, 5.41) is 3.01. The molecule has 186 valence electrons. The number of hydrogen-bond acceptors (Lipinski definition) is 5.